The second-order valence-electron chi connectivity index (χ2n) is 5.87. The first kappa shape index (κ1) is 14.8. The van der Waals surface area contributed by atoms with Crippen LogP contribution < -0.4 is 16.2 Å². The fourth-order valence-corrected chi connectivity index (χ4v) is 3.47. The zero-order valence-electron chi connectivity index (χ0n) is 13.1. The van der Waals surface area contributed by atoms with E-state index >= 15 is 0 Å². The van der Waals surface area contributed by atoms with Crippen LogP contribution in [0.5, 0.6) is 0 Å². The molecule has 0 amide bonds. The van der Waals surface area contributed by atoms with Gasteiger partial charge in [0, 0.05) is 36.3 Å². The van der Waals surface area contributed by atoms with E-state index < -0.39 is 0 Å². The minimum Gasteiger partial charge on any atom is -0.383 e. The number of nitrogens with one attached hydrogen (secondary N) is 1. The Morgan fingerprint density at radius 1 is 1.29 bits per heavy atom. The number of anilines is 2. The standard InChI is InChI=1S/C16H16N6OS/c1-9-4-2-3-5-11(9)15-20-16(24-21-15)22-7-10(8-22)14-18-12(17)6-13(23)19-14/h2-6,10H,7-8H2,1H3,(H3,17,18,19,23). The molecule has 0 radical (unpaired) electrons. The molecular weight excluding hydrogens is 324 g/mol. The van der Waals surface area contributed by atoms with Crippen molar-refractivity contribution in [1.29, 1.82) is 0 Å². The zero-order valence-corrected chi connectivity index (χ0v) is 13.9. The highest BCUT2D eigenvalue weighted by Crippen LogP contribution is 2.33. The Kier molecular flexibility index (Phi) is 3.53. The molecule has 7 nitrogen and oxygen atoms in total. The lowest BCUT2D eigenvalue weighted by molar-refractivity contribution is 0.499. The summed E-state index contributed by atoms with van der Waals surface area (Å²) in [5.41, 5.74) is 7.64. The summed E-state index contributed by atoms with van der Waals surface area (Å²) in [5, 5.41) is 0.885. The fourth-order valence-electron chi connectivity index (χ4n) is 2.77. The summed E-state index contributed by atoms with van der Waals surface area (Å²) < 4.78 is 4.47. The van der Waals surface area contributed by atoms with Crippen molar-refractivity contribution in [3.05, 3.63) is 52.1 Å². The Hall–Kier alpha value is -2.74. The van der Waals surface area contributed by atoms with Crippen molar-refractivity contribution >= 4 is 22.5 Å². The van der Waals surface area contributed by atoms with Crippen LogP contribution in [0.25, 0.3) is 11.4 Å². The lowest BCUT2D eigenvalue weighted by Gasteiger charge is -2.37. The van der Waals surface area contributed by atoms with Crippen molar-refractivity contribution in [1.82, 2.24) is 19.3 Å². The van der Waals surface area contributed by atoms with Gasteiger partial charge in [-0.3, -0.25) is 4.79 Å². The number of rotatable bonds is 3. The smallest absolute Gasteiger partial charge is 0.252 e. The maximum Gasteiger partial charge on any atom is 0.252 e. The van der Waals surface area contributed by atoms with Crippen molar-refractivity contribution < 1.29 is 0 Å². The summed E-state index contributed by atoms with van der Waals surface area (Å²) in [7, 11) is 0. The molecule has 122 valence electrons. The number of aryl methyl sites for hydroxylation is 1. The average Bonchev–Trinajstić information content (AvgIpc) is 2.94. The summed E-state index contributed by atoms with van der Waals surface area (Å²) in [4.78, 5) is 25.2. The number of aromatic nitrogens is 4. The van der Waals surface area contributed by atoms with Crippen molar-refractivity contribution in [2.45, 2.75) is 12.8 Å². The van der Waals surface area contributed by atoms with Gasteiger partial charge in [-0.05, 0) is 12.5 Å². The summed E-state index contributed by atoms with van der Waals surface area (Å²) in [6.45, 7) is 3.54. The Bertz CT molecular complexity index is 943. The number of nitrogens with two attached hydrogens (primary N) is 1. The van der Waals surface area contributed by atoms with Crippen LogP contribution in [0.1, 0.15) is 17.3 Å². The molecule has 1 aliphatic heterocycles. The van der Waals surface area contributed by atoms with E-state index in [2.05, 4.69) is 37.2 Å². The van der Waals surface area contributed by atoms with Gasteiger partial charge in [-0.1, -0.05) is 24.3 Å². The van der Waals surface area contributed by atoms with Crippen molar-refractivity contribution in [2.75, 3.05) is 23.7 Å². The quantitative estimate of drug-likeness (QED) is 0.754. The Morgan fingerprint density at radius 2 is 2.08 bits per heavy atom. The predicted octanol–water partition coefficient (Wildman–Crippen LogP) is 1.78. The monoisotopic (exact) mass is 340 g/mol. The molecule has 2 aromatic heterocycles. The van der Waals surface area contributed by atoms with Gasteiger partial charge in [0.05, 0.1) is 5.92 Å². The Balaban J connectivity index is 1.50. The molecule has 1 aliphatic rings. The maximum atomic E-state index is 11.5. The molecule has 3 heterocycles. The third-order valence-corrected chi connectivity index (χ3v) is 4.90. The van der Waals surface area contributed by atoms with E-state index in [9.17, 15) is 4.79 Å². The van der Waals surface area contributed by atoms with Crippen LogP contribution in [0, 0.1) is 6.92 Å². The number of hydrogen-bond donors (Lipinski definition) is 2. The van der Waals surface area contributed by atoms with Gasteiger partial charge in [-0.2, -0.15) is 9.36 Å². The third-order valence-electron chi connectivity index (χ3n) is 4.12. The van der Waals surface area contributed by atoms with E-state index in [0.717, 1.165) is 35.2 Å². The van der Waals surface area contributed by atoms with Gasteiger partial charge in [0.25, 0.3) is 5.56 Å². The molecule has 0 saturated carbocycles. The molecule has 1 fully saturated rings. The van der Waals surface area contributed by atoms with Crippen LogP contribution >= 0.6 is 11.5 Å². The number of benzene rings is 1. The molecule has 4 rings (SSSR count). The SMILES string of the molecule is Cc1ccccc1-c1nsc(N2CC(c3nc(N)cc(=O)[nH]3)C2)n1. The average molecular weight is 340 g/mol. The molecule has 0 atom stereocenters. The third kappa shape index (κ3) is 2.65. The molecule has 1 aromatic carbocycles. The first-order valence-electron chi connectivity index (χ1n) is 7.61. The normalized spacial score (nSPS) is 14.6. The lowest BCUT2D eigenvalue weighted by atomic mass is 10.00. The van der Waals surface area contributed by atoms with Crippen molar-refractivity contribution in [2.24, 2.45) is 0 Å². The number of aromatic amines is 1. The number of hydrogen-bond acceptors (Lipinski definition) is 7. The molecule has 3 N–H and O–H groups in total. The van der Waals surface area contributed by atoms with Gasteiger partial charge < -0.3 is 15.6 Å². The molecule has 0 aliphatic carbocycles. The van der Waals surface area contributed by atoms with Crippen LogP contribution in [-0.4, -0.2) is 32.4 Å². The summed E-state index contributed by atoms with van der Waals surface area (Å²) in [6.07, 6.45) is 0. The molecule has 24 heavy (non-hydrogen) atoms. The van der Waals surface area contributed by atoms with Gasteiger partial charge in [0.15, 0.2) is 5.82 Å². The molecule has 8 heteroatoms. The van der Waals surface area contributed by atoms with Gasteiger partial charge in [0.2, 0.25) is 5.13 Å². The topological polar surface area (TPSA) is 101 Å². The number of nitrogen functional groups attached to an aromatic ring is 1. The van der Waals surface area contributed by atoms with E-state index in [1.54, 1.807) is 0 Å². The molecule has 0 bridgehead atoms. The van der Waals surface area contributed by atoms with Crippen LogP contribution in [0.2, 0.25) is 0 Å². The zero-order chi connectivity index (χ0) is 16.7. The van der Waals surface area contributed by atoms with Crippen LogP contribution in [0.4, 0.5) is 10.9 Å². The van der Waals surface area contributed by atoms with E-state index in [0.29, 0.717) is 5.82 Å². The van der Waals surface area contributed by atoms with E-state index in [-0.39, 0.29) is 17.3 Å². The molecule has 0 unspecified atom stereocenters. The second-order valence-corrected chi connectivity index (χ2v) is 6.60. The summed E-state index contributed by atoms with van der Waals surface area (Å²) in [6, 6.07) is 9.37. The molecule has 3 aromatic rings. The molecule has 0 spiro atoms. The minimum absolute atomic E-state index is 0.159. The van der Waals surface area contributed by atoms with E-state index in [1.165, 1.54) is 17.6 Å². The van der Waals surface area contributed by atoms with Gasteiger partial charge in [0.1, 0.15) is 11.6 Å². The first-order valence-corrected chi connectivity index (χ1v) is 8.39. The fraction of sp³-hybridized carbons (Fsp3) is 0.250. The van der Waals surface area contributed by atoms with Gasteiger partial charge in [-0.15, -0.1) is 0 Å². The highest BCUT2D eigenvalue weighted by Gasteiger charge is 2.32. The van der Waals surface area contributed by atoms with Crippen molar-refractivity contribution in [3.8, 4) is 11.4 Å². The largest absolute Gasteiger partial charge is 0.383 e. The van der Waals surface area contributed by atoms with Gasteiger partial charge >= 0.3 is 0 Å². The summed E-state index contributed by atoms with van der Waals surface area (Å²) in [5.74, 6) is 1.81. The van der Waals surface area contributed by atoms with Crippen LogP contribution in [-0.2, 0) is 0 Å². The lowest BCUT2D eigenvalue weighted by Crippen LogP contribution is -2.46. The maximum absolute atomic E-state index is 11.5. The second kappa shape index (κ2) is 5.72. The van der Waals surface area contributed by atoms with Crippen LogP contribution in [0.3, 0.4) is 0 Å². The Labute approximate surface area is 142 Å². The predicted molar refractivity (Wildman–Crippen MR) is 94.3 cm³/mol. The van der Waals surface area contributed by atoms with Gasteiger partial charge in [-0.25, -0.2) is 4.98 Å². The minimum atomic E-state index is -0.214. The van der Waals surface area contributed by atoms with Crippen LogP contribution in [0.15, 0.2) is 35.1 Å². The molecular formula is C16H16N6OS. The number of H-pyrrole nitrogens is 1. The number of nitrogens with zero attached hydrogens (tertiary/aromatic N) is 4. The summed E-state index contributed by atoms with van der Waals surface area (Å²) >= 11 is 1.39. The highest BCUT2D eigenvalue weighted by molar-refractivity contribution is 7.09. The first-order chi connectivity index (χ1) is 11.6. The highest BCUT2D eigenvalue weighted by atomic mass is 32.1. The Morgan fingerprint density at radius 3 is 2.83 bits per heavy atom. The van der Waals surface area contributed by atoms with E-state index in [4.69, 9.17) is 5.73 Å². The van der Waals surface area contributed by atoms with Crippen molar-refractivity contribution in [3.63, 3.8) is 0 Å². The van der Waals surface area contributed by atoms with E-state index in [1.807, 2.05) is 18.2 Å². The molecule has 1 saturated heterocycles.